The second-order valence-electron chi connectivity index (χ2n) is 11.6. The number of carbonyl (C=O) groups is 3. The third kappa shape index (κ3) is 6.68. The van der Waals surface area contributed by atoms with E-state index in [-0.39, 0.29) is 49.5 Å². The molecule has 4 N–H and O–H groups in total. The Kier molecular flexibility index (Phi) is 10.4. The molecule has 1 saturated heterocycles. The van der Waals surface area contributed by atoms with Gasteiger partial charge in [-0.1, -0.05) is 24.4 Å². The fourth-order valence-electron chi connectivity index (χ4n) is 6.57. The lowest BCUT2D eigenvalue weighted by molar-refractivity contribution is -0.203. The number of allylic oxidation sites excluding steroid dienone is 1. The Bertz CT molecular complexity index is 1250. The molecule has 2 heterocycles. The van der Waals surface area contributed by atoms with Gasteiger partial charge in [0.15, 0.2) is 0 Å². The largest absolute Gasteiger partial charge is 0.487 e. The molecule has 43 heavy (non-hydrogen) atoms. The number of nitrogens with zero attached hydrogens (tertiary/aromatic N) is 3. The first-order valence-corrected chi connectivity index (χ1v) is 14.8. The number of rotatable bonds is 9. The van der Waals surface area contributed by atoms with E-state index in [0.29, 0.717) is 61.6 Å². The van der Waals surface area contributed by atoms with E-state index >= 15 is 0 Å². The smallest absolute Gasteiger partial charge is 0.355 e. The molecule has 3 unspecified atom stereocenters. The number of fused-ring (bicyclic) bond motifs is 1. The van der Waals surface area contributed by atoms with E-state index in [0.717, 1.165) is 10.6 Å². The molecule has 2 amide bonds. The molecule has 238 valence electrons. The minimum atomic E-state index is -1.45. The van der Waals surface area contributed by atoms with Gasteiger partial charge in [-0.15, -0.1) is 0 Å². The number of nitrogens with two attached hydrogens (primary N) is 2. The summed E-state index contributed by atoms with van der Waals surface area (Å²) >= 11 is 6.66. The van der Waals surface area contributed by atoms with Crippen molar-refractivity contribution in [2.75, 3.05) is 46.5 Å². The molecule has 1 aliphatic carbocycles. The summed E-state index contributed by atoms with van der Waals surface area (Å²) in [6.07, 6.45) is 0.953. The van der Waals surface area contributed by atoms with Crippen molar-refractivity contribution in [2.45, 2.75) is 58.2 Å². The number of halogens is 3. The number of hydrogen-bond donors (Lipinski definition) is 2. The van der Waals surface area contributed by atoms with E-state index in [1.807, 2.05) is 0 Å². The van der Waals surface area contributed by atoms with Crippen molar-refractivity contribution in [1.82, 2.24) is 14.8 Å². The van der Waals surface area contributed by atoms with Crippen LogP contribution >= 0.6 is 11.6 Å². The van der Waals surface area contributed by atoms with E-state index in [4.69, 9.17) is 32.7 Å². The van der Waals surface area contributed by atoms with E-state index in [1.165, 1.54) is 14.0 Å². The van der Waals surface area contributed by atoms with Crippen LogP contribution in [0.2, 0.25) is 5.02 Å². The Labute approximate surface area is 254 Å². The number of alkyl halides is 1. The van der Waals surface area contributed by atoms with Gasteiger partial charge in [-0.2, -0.15) is 0 Å². The normalized spacial score (nSPS) is 25.4. The summed E-state index contributed by atoms with van der Waals surface area (Å²) in [5.74, 6) is 3.66. The van der Waals surface area contributed by atoms with Gasteiger partial charge in [-0.05, 0) is 50.8 Å². The standard InChI is InChI=1S/C29H40ClF2N5O6/c1-17(31)26(35(3)34)21(33)15-42-23-8-7-20(30)18-9-11-37(22(25(18)23)14-36-12-13-41-16-24(36)38)27(39)19-6-4-5-10-29(19,2)28(40)43-32/h7-8,17,19,22H,4-6,9-16,33-34H2,1-3H3/b26-21-/t17?,19?,22?,29-/m0/s1. The highest BCUT2D eigenvalue weighted by Gasteiger charge is 2.51. The summed E-state index contributed by atoms with van der Waals surface area (Å²) in [4.78, 5) is 46.7. The highest BCUT2D eigenvalue weighted by Crippen LogP contribution is 2.47. The molecule has 0 aromatic heterocycles. The fraction of sp³-hybridized carbons (Fsp3) is 0.621. The highest BCUT2D eigenvalue weighted by molar-refractivity contribution is 6.31. The predicted octanol–water partition coefficient (Wildman–Crippen LogP) is 2.96. The van der Waals surface area contributed by atoms with Crippen molar-refractivity contribution in [3.63, 3.8) is 0 Å². The molecule has 14 heteroatoms. The van der Waals surface area contributed by atoms with E-state index in [9.17, 15) is 23.3 Å². The lowest BCUT2D eigenvalue weighted by Crippen LogP contribution is -2.54. The van der Waals surface area contributed by atoms with Crippen LogP contribution in [0.25, 0.3) is 0 Å². The number of ether oxygens (including phenoxy) is 2. The van der Waals surface area contributed by atoms with E-state index < -0.39 is 29.5 Å². The van der Waals surface area contributed by atoms with Crippen LogP contribution in [-0.2, 0) is 30.5 Å². The second-order valence-corrected chi connectivity index (χ2v) is 12.0. The van der Waals surface area contributed by atoms with Crippen LogP contribution in [0.15, 0.2) is 23.5 Å². The Morgan fingerprint density at radius 1 is 1.30 bits per heavy atom. The molecule has 11 nitrogen and oxygen atoms in total. The summed E-state index contributed by atoms with van der Waals surface area (Å²) in [5.41, 5.74) is 6.30. The third-order valence-electron chi connectivity index (χ3n) is 8.84. The van der Waals surface area contributed by atoms with E-state index in [2.05, 4.69) is 4.94 Å². The fourth-order valence-corrected chi connectivity index (χ4v) is 6.82. The maximum absolute atomic E-state index is 14.3. The summed E-state index contributed by atoms with van der Waals surface area (Å²) in [7, 11) is 1.47. The minimum absolute atomic E-state index is 0.0615. The van der Waals surface area contributed by atoms with Crippen LogP contribution in [0.4, 0.5) is 8.92 Å². The average Bonchev–Trinajstić information content (AvgIpc) is 2.97. The zero-order valence-corrected chi connectivity index (χ0v) is 25.5. The third-order valence-corrected chi connectivity index (χ3v) is 9.20. The van der Waals surface area contributed by atoms with Crippen molar-refractivity contribution in [2.24, 2.45) is 22.9 Å². The van der Waals surface area contributed by atoms with E-state index in [1.54, 1.807) is 28.9 Å². The van der Waals surface area contributed by atoms with Crippen LogP contribution in [0.3, 0.4) is 0 Å². The zero-order valence-electron chi connectivity index (χ0n) is 24.7. The monoisotopic (exact) mass is 627 g/mol. The van der Waals surface area contributed by atoms with Gasteiger partial charge >= 0.3 is 5.97 Å². The molecule has 2 fully saturated rings. The Morgan fingerprint density at radius 2 is 2.05 bits per heavy atom. The van der Waals surface area contributed by atoms with Gasteiger partial charge in [0, 0.05) is 41.8 Å². The number of benzene rings is 1. The lowest BCUT2D eigenvalue weighted by atomic mass is 9.66. The van der Waals surface area contributed by atoms with Crippen LogP contribution in [0.5, 0.6) is 5.75 Å². The first kappa shape index (κ1) is 32.7. The average molecular weight is 628 g/mol. The van der Waals surface area contributed by atoms with Crippen LogP contribution in [0, 0.1) is 11.3 Å². The van der Waals surface area contributed by atoms with Crippen molar-refractivity contribution in [3.05, 3.63) is 39.7 Å². The molecule has 2 aliphatic heterocycles. The van der Waals surface area contributed by atoms with Gasteiger partial charge in [-0.25, -0.2) is 15.0 Å². The first-order valence-electron chi connectivity index (χ1n) is 14.4. The predicted molar refractivity (Wildman–Crippen MR) is 154 cm³/mol. The number of morpholine rings is 1. The Hall–Kier alpha value is -3.16. The number of carbonyl (C=O) groups excluding carboxylic acids is 3. The van der Waals surface area contributed by atoms with Crippen LogP contribution in [-0.4, -0.2) is 85.3 Å². The molecule has 1 saturated carbocycles. The summed E-state index contributed by atoms with van der Waals surface area (Å²) in [6.45, 7) is 3.58. The molecule has 1 aromatic carbocycles. The second kappa shape index (κ2) is 13.6. The minimum Gasteiger partial charge on any atom is -0.487 e. The van der Waals surface area contributed by atoms with Gasteiger partial charge in [0.1, 0.15) is 25.1 Å². The van der Waals surface area contributed by atoms with Crippen molar-refractivity contribution in [1.29, 1.82) is 0 Å². The topological polar surface area (TPSA) is 141 Å². The summed E-state index contributed by atoms with van der Waals surface area (Å²) in [5, 5.41) is 1.55. The van der Waals surface area contributed by atoms with Gasteiger partial charge in [0.25, 0.3) is 0 Å². The van der Waals surface area contributed by atoms with Gasteiger partial charge < -0.3 is 30.0 Å². The molecule has 4 rings (SSSR count). The molecule has 0 radical (unpaired) electrons. The molecule has 4 atom stereocenters. The maximum Gasteiger partial charge on any atom is 0.355 e. The van der Waals surface area contributed by atoms with Gasteiger partial charge in [0.05, 0.1) is 35.4 Å². The zero-order chi connectivity index (χ0) is 31.5. The Balaban J connectivity index is 1.77. The molecular formula is C29H40ClF2N5O6. The van der Waals surface area contributed by atoms with Gasteiger partial charge in [0.2, 0.25) is 11.8 Å². The first-order chi connectivity index (χ1) is 20.4. The molecule has 3 aliphatic rings. The number of hydrazine groups is 1. The van der Waals surface area contributed by atoms with Crippen LogP contribution < -0.4 is 16.3 Å². The van der Waals surface area contributed by atoms with Crippen LogP contribution in [0.1, 0.15) is 56.7 Å². The molecule has 1 aromatic rings. The molecular weight excluding hydrogens is 588 g/mol. The number of amides is 2. The quantitative estimate of drug-likeness (QED) is 0.312. The lowest BCUT2D eigenvalue weighted by Gasteiger charge is -2.45. The Morgan fingerprint density at radius 3 is 2.70 bits per heavy atom. The van der Waals surface area contributed by atoms with Crippen molar-refractivity contribution < 1.29 is 37.7 Å². The van der Waals surface area contributed by atoms with Crippen molar-refractivity contribution >= 4 is 29.4 Å². The SMILES string of the molecule is CC(F)/C(=C(/N)COc1ccc(Cl)c2c1C(CN1CCOCC1=O)N(C(=O)C1CCCC[C@]1(C)C(=O)OF)CC2)N(C)N. The summed E-state index contributed by atoms with van der Waals surface area (Å²) in [6, 6.07) is 2.60. The van der Waals surface area contributed by atoms with Crippen molar-refractivity contribution in [3.8, 4) is 5.75 Å². The summed E-state index contributed by atoms with van der Waals surface area (Å²) < 4.78 is 38.9. The number of hydrogen-bond acceptors (Lipinski definition) is 9. The maximum atomic E-state index is 14.3. The molecule has 0 spiro atoms. The van der Waals surface area contributed by atoms with Gasteiger partial charge in [-0.3, -0.25) is 14.5 Å². The highest BCUT2D eigenvalue weighted by atomic mass is 35.5. The molecule has 0 bridgehead atoms.